The van der Waals surface area contributed by atoms with Gasteiger partial charge >= 0.3 is 0 Å². The van der Waals surface area contributed by atoms with Crippen molar-refractivity contribution in [3.8, 4) is 0 Å². The quantitative estimate of drug-likeness (QED) is 0.891. The van der Waals surface area contributed by atoms with E-state index in [-0.39, 0.29) is 5.82 Å². The van der Waals surface area contributed by atoms with Gasteiger partial charge < -0.3 is 5.32 Å². The second-order valence-corrected chi connectivity index (χ2v) is 5.05. The Hall–Kier alpha value is -0.410. The zero-order chi connectivity index (χ0) is 10.7. The first kappa shape index (κ1) is 11.1. The lowest BCUT2D eigenvalue weighted by atomic mass is 9.99. The monoisotopic (exact) mass is 271 g/mol. The molecular weight excluding hydrogens is 257 g/mol. The highest BCUT2D eigenvalue weighted by Crippen LogP contribution is 2.20. The topological polar surface area (TPSA) is 12.0 Å². The van der Waals surface area contributed by atoms with Gasteiger partial charge in [0.2, 0.25) is 0 Å². The molecule has 1 unspecified atom stereocenters. The van der Waals surface area contributed by atoms with Gasteiger partial charge in [-0.1, -0.05) is 15.9 Å². The second kappa shape index (κ2) is 5.08. The van der Waals surface area contributed by atoms with Crippen LogP contribution in [0, 0.1) is 11.7 Å². The van der Waals surface area contributed by atoms with Crippen LogP contribution in [0.1, 0.15) is 18.4 Å². The van der Waals surface area contributed by atoms with Crippen LogP contribution in [0.25, 0.3) is 0 Å². The third kappa shape index (κ3) is 3.02. The molecule has 0 bridgehead atoms. The lowest BCUT2D eigenvalue weighted by Gasteiger charge is -2.08. The van der Waals surface area contributed by atoms with Gasteiger partial charge in [-0.2, -0.15) is 0 Å². The van der Waals surface area contributed by atoms with Crippen molar-refractivity contribution in [2.24, 2.45) is 5.92 Å². The molecule has 2 rings (SSSR count). The normalized spacial score (nSPS) is 20.8. The zero-order valence-electron chi connectivity index (χ0n) is 8.60. The van der Waals surface area contributed by atoms with Crippen LogP contribution in [0.3, 0.4) is 0 Å². The van der Waals surface area contributed by atoms with Crippen LogP contribution in [0.4, 0.5) is 4.39 Å². The van der Waals surface area contributed by atoms with E-state index in [0.717, 1.165) is 41.9 Å². The first-order valence-corrected chi connectivity index (χ1v) is 6.19. The fourth-order valence-electron chi connectivity index (χ4n) is 2.06. The Balaban J connectivity index is 1.94. The summed E-state index contributed by atoms with van der Waals surface area (Å²) in [5.41, 5.74) is 0.830. The molecule has 1 heterocycles. The Kier molecular flexibility index (Phi) is 3.76. The molecule has 0 aliphatic carbocycles. The lowest BCUT2D eigenvalue weighted by Crippen LogP contribution is -2.09. The Labute approximate surface area is 98.2 Å². The van der Waals surface area contributed by atoms with Crippen molar-refractivity contribution in [1.82, 2.24) is 5.32 Å². The standard InChI is InChI=1S/C12H15BrFN/c13-11-3-4-12(14)10(7-11)2-1-9-5-6-15-8-9/h3-4,7,9,15H,1-2,5-6,8H2. The maximum atomic E-state index is 13.4. The van der Waals surface area contributed by atoms with E-state index in [9.17, 15) is 4.39 Å². The summed E-state index contributed by atoms with van der Waals surface area (Å²) < 4.78 is 14.4. The molecule has 0 aromatic heterocycles. The minimum absolute atomic E-state index is 0.0795. The van der Waals surface area contributed by atoms with E-state index in [2.05, 4.69) is 21.2 Å². The third-order valence-electron chi connectivity index (χ3n) is 2.99. The van der Waals surface area contributed by atoms with Crippen molar-refractivity contribution in [3.63, 3.8) is 0 Å². The fraction of sp³-hybridized carbons (Fsp3) is 0.500. The maximum Gasteiger partial charge on any atom is 0.126 e. The SMILES string of the molecule is Fc1ccc(Br)cc1CCC1CCNC1. The third-order valence-corrected chi connectivity index (χ3v) is 3.49. The minimum atomic E-state index is -0.0795. The van der Waals surface area contributed by atoms with Crippen molar-refractivity contribution in [1.29, 1.82) is 0 Å². The number of nitrogens with one attached hydrogen (secondary N) is 1. The first-order valence-electron chi connectivity index (χ1n) is 5.40. The summed E-state index contributed by atoms with van der Waals surface area (Å²) >= 11 is 3.37. The van der Waals surface area contributed by atoms with Crippen LogP contribution < -0.4 is 5.32 Å². The molecular formula is C12H15BrFN. The van der Waals surface area contributed by atoms with E-state index >= 15 is 0 Å². The van der Waals surface area contributed by atoms with E-state index in [0.29, 0.717) is 0 Å². The molecule has 1 N–H and O–H groups in total. The van der Waals surface area contributed by atoms with Crippen molar-refractivity contribution in [2.45, 2.75) is 19.3 Å². The van der Waals surface area contributed by atoms with Gasteiger partial charge in [-0.05, 0) is 62.0 Å². The van der Waals surface area contributed by atoms with Gasteiger partial charge in [0.25, 0.3) is 0 Å². The number of benzene rings is 1. The van der Waals surface area contributed by atoms with Gasteiger partial charge in [0.05, 0.1) is 0 Å². The van der Waals surface area contributed by atoms with Crippen LogP contribution >= 0.6 is 15.9 Å². The van der Waals surface area contributed by atoms with Crippen molar-refractivity contribution in [3.05, 3.63) is 34.1 Å². The molecule has 82 valence electrons. The molecule has 1 aliphatic rings. The molecule has 0 radical (unpaired) electrons. The highest BCUT2D eigenvalue weighted by atomic mass is 79.9. The average molecular weight is 272 g/mol. The highest BCUT2D eigenvalue weighted by molar-refractivity contribution is 9.10. The molecule has 1 aromatic rings. The molecule has 0 spiro atoms. The molecule has 3 heteroatoms. The van der Waals surface area contributed by atoms with Crippen LogP contribution in [0.2, 0.25) is 0 Å². The van der Waals surface area contributed by atoms with Gasteiger partial charge in [-0.25, -0.2) is 4.39 Å². The lowest BCUT2D eigenvalue weighted by molar-refractivity contribution is 0.519. The molecule has 0 saturated carbocycles. The van der Waals surface area contributed by atoms with E-state index in [4.69, 9.17) is 0 Å². The first-order chi connectivity index (χ1) is 7.25. The van der Waals surface area contributed by atoms with Gasteiger partial charge in [0, 0.05) is 4.47 Å². The van der Waals surface area contributed by atoms with Gasteiger partial charge in [0.1, 0.15) is 5.82 Å². The van der Waals surface area contributed by atoms with Gasteiger partial charge in [-0.15, -0.1) is 0 Å². The predicted molar refractivity (Wildman–Crippen MR) is 63.4 cm³/mol. The second-order valence-electron chi connectivity index (χ2n) is 4.13. The Morgan fingerprint density at radius 3 is 3.07 bits per heavy atom. The van der Waals surface area contributed by atoms with E-state index in [1.165, 1.54) is 12.5 Å². The molecule has 1 aromatic carbocycles. The number of halogens is 2. The summed E-state index contributed by atoms with van der Waals surface area (Å²) in [6.45, 7) is 2.21. The fourth-order valence-corrected chi connectivity index (χ4v) is 2.46. The molecule has 15 heavy (non-hydrogen) atoms. The Bertz CT molecular complexity index is 334. The summed E-state index contributed by atoms with van der Waals surface area (Å²) in [6.07, 6.45) is 3.16. The molecule has 1 aliphatic heterocycles. The van der Waals surface area contributed by atoms with Crippen LogP contribution in [0.5, 0.6) is 0 Å². The Morgan fingerprint density at radius 1 is 1.47 bits per heavy atom. The zero-order valence-corrected chi connectivity index (χ0v) is 10.2. The van der Waals surface area contributed by atoms with Gasteiger partial charge in [0.15, 0.2) is 0 Å². The van der Waals surface area contributed by atoms with Crippen molar-refractivity contribution in [2.75, 3.05) is 13.1 Å². The molecule has 0 amide bonds. The summed E-state index contributed by atoms with van der Waals surface area (Å²) in [7, 11) is 0. The maximum absolute atomic E-state index is 13.4. The van der Waals surface area contributed by atoms with Gasteiger partial charge in [-0.3, -0.25) is 0 Å². The number of hydrogen-bond acceptors (Lipinski definition) is 1. The summed E-state index contributed by atoms with van der Waals surface area (Å²) in [5, 5.41) is 3.33. The minimum Gasteiger partial charge on any atom is -0.316 e. The van der Waals surface area contributed by atoms with Crippen LogP contribution in [-0.2, 0) is 6.42 Å². The van der Waals surface area contributed by atoms with Crippen LogP contribution in [0.15, 0.2) is 22.7 Å². The summed E-state index contributed by atoms with van der Waals surface area (Å²) in [4.78, 5) is 0. The molecule has 1 atom stereocenters. The summed E-state index contributed by atoms with van der Waals surface area (Å²) in [5.74, 6) is 0.646. The predicted octanol–water partition coefficient (Wildman–Crippen LogP) is 3.13. The number of rotatable bonds is 3. The average Bonchev–Trinajstić information content (AvgIpc) is 2.72. The number of aryl methyl sites for hydroxylation is 1. The van der Waals surface area contributed by atoms with E-state index in [1.54, 1.807) is 6.07 Å². The number of hydrogen-bond donors (Lipinski definition) is 1. The molecule has 1 nitrogen and oxygen atoms in total. The molecule has 1 fully saturated rings. The van der Waals surface area contributed by atoms with Crippen molar-refractivity contribution < 1.29 is 4.39 Å². The van der Waals surface area contributed by atoms with Crippen molar-refractivity contribution >= 4 is 15.9 Å². The smallest absolute Gasteiger partial charge is 0.126 e. The van der Waals surface area contributed by atoms with Crippen LogP contribution in [-0.4, -0.2) is 13.1 Å². The largest absolute Gasteiger partial charge is 0.316 e. The Morgan fingerprint density at radius 2 is 2.33 bits per heavy atom. The van der Waals surface area contributed by atoms with E-state index in [1.807, 2.05) is 6.07 Å². The highest BCUT2D eigenvalue weighted by Gasteiger charge is 2.14. The van der Waals surface area contributed by atoms with E-state index < -0.39 is 0 Å². The molecule has 1 saturated heterocycles. The summed E-state index contributed by atoms with van der Waals surface area (Å²) in [6, 6.07) is 5.17.